The first kappa shape index (κ1) is 32.0. The van der Waals surface area contributed by atoms with Gasteiger partial charge in [-0.25, -0.2) is 14.2 Å². The molecule has 5 heterocycles. The standard InChI is InChI=1S/C29H27FN6O6S4/c30-14-42-34-22(18-13-45-29(31)32-18)25(38)33-23-26(39)36-24(28(40)41)15(12-44-27(23)36)6-9-43-21-11-19(37)17-5-4-16(10-20(17)46-21)35-7-2-1-3-8-35/h4-6,9-11,13,23,27H,1-3,7-8,12,14H2,(H2,31,32)(H,33,38)(H,40,41)/t23?,27-/m0/s1. The van der Waals surface area contributed by atoms with E-state index >= 15 is 0 Å². The van der Waals surface area contributed by atoms with Crippen molar-refractivity contribution in [3.63, 3.8) is 0 Å². The monoisotopic (exact) mass is 702 g/mol. The number of nitrogens with one attached hydrogen (secondary N) is 1. The van der Waals surface area contributed by atoms with Crippen molar-refractivity contribution in [2.24, 2.45) is 5.16 Å². The first-order valence-corrected chi connectivity index (χ1v) is 17.7. The molecule has 4 N–H and O–H groups in total. The summed E-state index contributed by atoms with van der Waals surface area (Å²) in [5.74, 6) is -2.51. The van der Waals surface area contributed by atoms with Crippen molar-refractivity contribution in [1.29, 1.82) is 0 Å². The number of halogens is 1. The lowest BCUT2D eigenvalue weighted by Gasteiger charge is -2.49. The summed E-state index contributed by atoms with van der Waals surface area (Å²) < 4.78 is 14.2. The maximum atomic E-state index is 13.1. The lowest BCUT2D eigenvalue weighted by molar-refractivity contribution is -0.150. The number of amides is 2. The van der Waals surface area contributed by atoms with Crippen LogP contribution >= 0.6 is 46.2 Å². The number of fused-ring (bicyclic) bond motifs is 2. The molecule has 2 saturated heterocycles. The van der Waals surface area contributed by atoms with E-state index < -0.39 is 36.1 Å². The number of hydrogen-bond donors (Lipinski definition) is 3. The number of allylic oxidation sites excluding steroid dienone is 1. The third-order valence-electron chi connectivity index (χ3n) is 7.54. The molecule has 6 rings (SSSR count). The number of thioether (sulfide) groups is 2. The van der Waals surface area contributed by atoms with Gasteiger partial charge in [0.05, 0.1) is 4.21 Å². The first-order valence-electron chi connectivity index (χ1n) is 14.1. The molecule has 0 spiro atoms. The number of carbonyl (C=O) groups excluding carboxylic acids is 2. The SMILES string of the molecule is Nc1nc(C(=NOCF)C(=O)NC2C(=O)N3C(C(=O)O)=C(C=CSc4cc(=O)c5ccc(N6CCCCC6)cc5s4)CS[C@@H]23)cs1. The second-order valence-corrected chi connectivity index (χ2v) is 14.7. The molecule has 2 amide bonds. The van der Waals surface area contributed by atoms with Gasteiger partial charge in [0, 0.05) is 46.1 Å². The van der Waals surface area contributed by atoms with E-state index in [-0.39, 0.29) is 33.4 Å². The summed E-state index contributed by atoms with van der Waals surface area (Å²) in [6, 6.07) is 6.46. The Morgan fingerprint density at radius 3 is 2.76 bits per heavy atom. The summed E-state index contributed by atoms with van der Waals surface area (Å²) in [6.07, 6.45) is 5.16. The lowest BCUT2D eigenvalue weighted by atomic mass is 10.0. The highest BCUT2D eigenvalue weighted by Gasteiger charge is 2.54. The molecule has 1 aromatic carbocycles. The van der Waals surface area contributed by atoms with Crippen LogP contribution in [0.5, 0.6) is 0 Å². The fourth-order valence-corrected chi connectivity index (χ4v) is 9.26. The second-order valence-electron chi connectivity index (χ2n) is 10.4. The van der Waals surface area contributed by atoms with Crippen LogP contribution in [0, 0.1) is 0 Å². The third-order valence-corrected chi connectivity index (χ3v) is 11.5. The predicted molar refractivity (Wildman–Crippen MR) is 179 cm³/mol. The molecule has 2 aromatic heterocycles. The molecule has 1 unspecified atom stereocenters. The van der Waals surface area contributed by atoms with Crippen molar-refractivity contribution in [2.75, 3.05) is 36.3 Å². The van der Waals surface area contributed by atoms with Gasteiger partial charge < -0.3 is 25.9 Å². The Morgan fingerprint density at radius 2 is 2.04 bits per heavy atom. The largest absolute Gasteiger partial charge is 0.477 e. The molecule has 17 heteroatoms. The summed E-state index contributed by atoms with van der Waals surface area (Å²) in [4.78, 5) is 63.1. The number of benzene rings is 1. The fraction of sp³-hybridized carbons (Fsp3) is 0.310. The number of carbonyl (C=O) groups is 3. The molecular weight excluding hydrogens is 676 g/mol. The van der Waals surface area contributed by atoms with Crippen molar-refractivity contribution in [3.8, 4) is 0 Å². The van der Waals surface area contributed by atoms with E-state index in [4.69, 9.17) is 5.73 Å². The number of β-lactam (4-membered cyclic amide) rings is 1. The van der Waals surface area contributed by atoms with E-state index in [1.807, 2.05) is 12.1 Å². The molecule has 12 nitrogen and oxygen atoms in total. The van der Waals surface area contributed by atoms with Gasteiger partial charge in [-0.3, -0.25) is 19.3 Å². The Hall–Kier alpha value is -3.93. The molecule has 240 valence electrons. The van der Waals surface area contributed by atoms with Crippen molar-refractivity contribution in [1.82, 2.24) is 15.2 Å². The van der Waals surface area contributed by atoms with Crippen LogP contribution in [0.4, 0.5) is 15.2 Å². The zero-order valence-electron chi connectivity index (χ0n) is 24.0. The first-order chi connectivity index (χ1) is 22.2. The summed E-state index contributed by atoms with van der Waals surface area (Å²) in [6.45, 7) is 0.708. The minimum absolute atomic E-state index is 0.0447. The number of carboxylic acids is 1. The summed E-state index contributed by atoms with van der Waals surface area (Å²) >= 11 is 5.11. The smallest absolute Gasteiger partial charge is 0.352 e. The van der Waals surface area contributed by atoms with Gasteiger partial charge >= 0.3 is 5.97 Å². The topological polar surface area (TPSA) is 168 Å². The fourth-order valence-electron chi connectivity index (χ4n) is 5.38. The number of nitrogen functional groups attached to an aromatic ring is 1. The number of aromatic nitrogens is 1. The summed E-state index contributed by atoms with van der Waals surface area (Å²) in [5.41, 5.74) is 6.56. The van der Waals surface area contributed by atoms with Crippen molar-refractivity contribution >= 4 is 90.6 Å². The van der Waals surface area contributed by atoms with Crippen LogP contribution in [0.3, 0.4) is 0 Å². The Labute approximate surface area is 278 Å². The normalized spacial score (nSPS) is 20.2. The highest BCUT2D eigenvalue weighted by atomic mass is 32.2. The van der Waals surface area contributed by atoms with Gasteiger partial charge in [0.25, 0.3) is 18.7 Å². The van der Waals surface area contributed by atoms with Crippen molar-refractivity contribution < 1.29 is 28.7 Å². The van der Waals surface area contributed by atoms with Crippen LogP contribution in [0.2, 0.25) is 0 Å². The van der Waals surface area contributed by atoms with Gasteiger partial charge in [0.1, 0.15) is 22.8 Å². The zero-order chi connectivity index (χ0) is 32.4. The highest BCUT2D eigenvalue weighted by Crippen LogP contribution is 2.41. The number of carboxylic acid groups (broad SMARTS) is 1. The number of hydrogen-bond acceptors (Lipinski definition) is 13. The molecule has 0 aliphatic carbocycles. The van der Waals surface area contributed by atoms with Crippen LogP contribution in [-0.4, -0.2) is 75.6 Å². The molecule has 2 fully saturated rings. The van der Waals surface area contributed by atoms with Gasteiger partial charge in [-0.1, -0.05) is 16.9 Å². The number of nitrogens with zero attached hydrogens (tertiary/aromatic N) is 4. The van der Waals surface area contributed by atoms with Crippen LogP contribution in [0.1, 0.15) is 25.0 Å². The quantitative estimate of drug-likeness (QED) is 0.121. The van der Waals surface area contributed by atoms with Gasteiger partial charge in [-0.05, 0) is 54.5 Å². The van der Waals surface area contributed by atoms with Crippen LogP contribution in [0.15, 0.2) is 66.6 Å². The maximum Gasteiger partial charge on any atom is 0.352 e. The molecule has 0 saturated carbocycles. The van der Waals surface area contributed by atoms with Gasteiger partial charge in [0.2, 0.25) is 0 Å². The Morgan fingerprint density at radius 1 is 1.24 bits per heavy atom. The van der Waals surface area contributed by atoms with E-state index in [1.165, 1.54) is 46.7 Å². The zero-order valence-corrected chi connectivity index (χ0v) is 27.3. The number of aliphatic carboxylic acids is 1. The molecule has 2 atom stereocenters. The number of oxime groups is 1. The van der Waals surface area contributed by atoms with E-state index in [0.29, 0.717) is 11.0 Å². The van der Waals surface area contributed by atoms with Crippen molar-refractivity contribution in [3.05, 3.63) is 68.3 Å². The summed E-state index contributed by atoms with van der Waals surface area (Å²) in [7, 11) is 0. The molecule has 0 bridgehead atoms. The molecule has 3 aliphatic rings. The van der Waals surface area contributed by atoms with Gasteiger partial charge in [-0.2, -0.15) is 0 Å². The number of nitrogens with two attached hydrogens (primary N) is 1. The van der Waals surface area contributed by atoms with Gasteiger partial charge in [-0.15, -0.1) is 34.4 Å². The molecule has 3 aromatic rings. The van der Waals surface area contributed by atoms with Crippen LogP contribution < -0.4 is 21.4 Å². The minimum Gasteiger partial charge on any atom is -0.477 e. The predicted octanol–water partition coefficient (Wildman–Crippen LogP) is 3.98. The van der Waals surface area contributed by atoms with Crippen LogP contribution in [0.25, 0.3) is 10.1 Å². The number of anilines is 2. The Kier molecular flexibility index (Phi) is 9.62. The highest BCUT2D eigenvalue weighted by molar-refractivity contribution is 8.04. The third kappa shape index (κ3) is 6.49. The molecule has 46 heavy (non-hydrogen) atoms. The van der Waals surface area contributed by atoms with E-state index in [9.17, 15) is 28.7 Å². The average molecular weight is 703 g/mol. The molecular formula is C29H27FN6O6S4. The minimum atomic E-state index is -1.29. The number of rotatable bonds is 10. The Bertz CT molecular complexity index is 1850. The van der Waals surface area contributed by atoms with E-state index in [1.54, 1.807) is 17.6 Å². The van der Waals surface area contributed by atoms with Gasteiger partial charge in [0.15, 0.2) is 16.3 Å². The molecule has 0 radical (unpaired) electrons. The Balaban J connectivity index is 1.17. The van der Waals surface area contributed by atoms with Crippen molar-refractivity contribution in [2.45, 2.75) is 34.9 Å². The van der Waals surface area contributed by atoms with E-state index in [2.05, 4.69) is 31.3 Å². The second kappa shape index (κ2) is 13.8. The van der Waals surface area contributed by atoms with Crippen LogP contribution in [-0.2, 0) is 19.2 Å². The lowest BCUT2D eigenvalue weighted by Crippen LogP contribution is -2.71. The average Bonchev–Trinajstić information content (AvgIpc) is 3.49. The number of thiazole rings is 1. The maximum absolute atomic E-state index is 13.1. The number of piperidine rings is 1. The number of alkyl halides is 1. The summed E-state index contributed by atoms with van der Waals surface area (Å²) in [5, 5.41) is 19.3. The molecule has 3 aliphatic heterocycles. The van der Waals surface area contributed by atoms with E-state index in [0.717, 1.165) is 56.8 Å².